The number of thiophene rings is 1. The Labute approximate surface area is 176 Å². The van der Waals surface area contributed by atoms with Gasteiger partial charge in [-0.25, -0.2) is 0 Å². The van der Waals surface area contributed by atoms with E-state index in [9.17, 15) is 9.59 Å². The molecule has 1 fully saturated rings. The van der Waals surface area contributed by atoms with Crippen LogP contribution in [-0.4, -0.2) is 42.5 Å². The Morgan fingerprint density at radius 1 is 1.28 bits per heavy atom. The van der Waals surface area contributed by atoms with Gasteiger partial charge >= 0.3 is 0 Å². The summed E-state index contributed by atoms with van der Waals surface area (Å²) in [5.41, 5.74) is 2.31. The molecule has 0 saturated carbocycles. The lowest BCUT2D eigenvalue weighted by Gasteiger charge is -2.31. The molecule has 1 aliphatic rings. The lowest BCUT2D eigenvalue weighted by Crippen LogP contribution is -2.40. The number of benzene rings is 1. The second-order valence-corrected chi connectivity index (χ2v) is 8.47. The number of morpholine rings is 1. The van der Waals surface area contributed by atoms with Crippen LogP contribution in [0.25, 0.3) is 0 Å². The molecule has 1 aromatic carbocycles. The fourth-order valence-corrected chi connectivity index (χ4v) is 4.32. The highest BCUT2D eigenvalue weighted by Gasteiger charge is 2.18. The number of ether oxygens (including phenoxy) is 1. The third kappa shape index (κ3) is 6.96. The lowest BCUT2D eigenvalue weighted by atomic mass is 10.1. The molecular formula is C22H29N3O3S. The number of amides is 2. The van der Waals surface area contributed by atoms with E-state index in [4.69, 9.17) is 4.74 Å². The summed E-state index contributed by atoms with van der Waals surface area (Å²) in [7, 11) is 0. The van der Waals surface area contributed by atoms with Crippen LogP contribution in [0.5, 0.6) is 0 Å². The van der Waals surface area contributed by atoms with Crippen molar-refractivity contribution in [1.82, 2.24) is 15.5 Å². The average Bonchev–Trinajstić information content (AvgIpc) is 3.21. The molecule has 1 aliphatic heterocycles. The van der Waals surface area contributed by atoms with Crippen molar-refractivity contribution in [2.24, 2.45) is 0 Å². The molecule has 2 heterocycles. The summed E-state index contributed by atoms with van der Waals surface area (Å²) in [5.74, 6) is -0.217. The van der Waals surface area contributed by atoms with Crippen LogP contribution in [0.3, 0.4) is 0 Å². The van der Waals surface area contributed by atoms with E-state index in [0.717, 1.165) is 36.7 Å². The minimum atomic E-state index is -0.290. The number of nitrogens with one attached hydrogen (secondary N) is 2. The predicted molar refractivity (Wildman–Crippen MR) is 114 cm³/mol. The first kappa shape index (κ1) is 21.5. The molecule has 1 aromatic heterocycles. The Kier molecular flexibility index (Phi) is 7.80. The van der Waals surface area contributed by atoms with E-state index in [1.165, 1.54) is 23.8 Å². The molecule has 0 spiro atoms. The molecule has 29 heavy (non-hydrogen) atoms. The molecular weight excluding hydrogens is 386 g/mol. The van der Waals surface area contributed by atoms with Gasteiger partial charge in [0.2, 0.25) is 11.8 Å². The maximum Gasteiger partial charge on any atom is 0.222 e. The van der Waals surface area contributed by atoms with Gasteiger partial charge in [0, 0.05) is 38.0 Å². The molecule has 2 atom stereocenters. The number of nitrogens with zero attached hydrogens (tertiary/aromatic N) is 1. The lowest BCUT2D eigenvalue weighted by molar-refractivity contribution is -0.122. The average molecular weight is 416 g/mol. The molecule has 2 unspecified atom stereocenters. The van der Waals surface area contributed by atoms with Crippen molar-refractivity contribution in [1.29, 1.82) is 0 Å². The van der Waals surface area contributed by atoms with E-state index >= 15 is 0 Å². The van der Waals surface area contributed by atoms with Crippen molar-refractivity contribution in [3.05, 3.63) is 57.8 Å². The summed E-state index contributed by atoms with van der Waals surface area (Å²) in [6.45, 7) is 7.59. The first-order chi connectivity index (χ1) is 14.0. The zero-order chi connectivity index (χ0) is 20.6. The van der Waals surface area contributed by atoms with Crippen molar-refractivity contribution < 1.29 is 14.3 Å². The largest absolute Gasteiger partial charge is 0.376 e. The maximum absolute atomic E-state index is 12.5. The van der Waals surface area contributed by atoms with Gasteiger partial charge in [-0.05, 0) is 29.5 Å². The predicted octanol–water partition coefficient (Wildman–Crippen LogP) is 2.85. The monoisotopic (exact) mass is 415 g/mol. The molecule has 156 valence electrons. The van der Waals surface area contributed by atoms with Crippen molar-refractivity contribution >= 4 is 23.2 Å². The summed E-state index contributed by atoms with van der Waals surface area (Å²) in [6, 6.07) is 11.9. The molecule has 2 aromatic rings. The summed E-state index contributed by atoms with van der Waals surface area (Å²) in [5, 5.41) is 7.79. The van der Waals surface area contributed by atoms with Crippen molar-refractivity contribution in [3.8, 4) is 0 Å². The van der Waals surface area contributed by atoms with Crippen LogP contribution in [0.2, 0.25) is 0 Å². The summed E-state index contributed by atoms with van der Waals surface area (Å²) < 4.78 is 5.60. The molecule has 1 saturated heterocycles. The van der Waals surface area contributed by atoms with Gasteiger partial charge in [0.15, 0.2) is 0 Å². The zero-order valence-electron chi connectivity index (χ0n) is 17.0. The Morgan fingerprint density at radius 3 is 2.83 bits per heavy atom. The normalized spacial score (nSPS) is 18.2. The van der Waals surface area contributed by atoms with E-state index in [-0.39, 0.29) is 30.4 Å². The molecule has 6 nitrogen and oxygen atoms in total. The van der Waals surface area contributed by atoms with Gasteiger partial charge in [-0.1, -0.05) is 30.3 Å². The molecule has 7 heteroatoms. The summed E-state index contributed by atoms with van der Waals surface area (Å²) in [4.78, 5) is 27.3. The smallest absolute Gasteiger partial charge is 0.222 e. The van der Waals surface area contributed by atoms with Crippen molar-refractivity contribution in [2.75, 3.05) is 19.7 Å². The van der Waals surface area contributed by atoms with Crippen LogP contribution in [0.1, 0.15) is 42.3 Å². The van der Waals surface area contributed by atoms with Crippen LogP contribution in [0, 0.1) is 0 Å². The van der Waals surface area contributed by atoms with Gasteiger partial charge in [0.05, 0.1) is 25.2 Å². The van der Waals surface area contributed by atoms with E-state index in [2.05, 4.69) is 34.6 Å². The van der Waals surface area contributed by atoms with Crippen LogP contribution < -0.4 is 10.6 Å². The zero-order valence-corrected chi connectivity index (χ0v) is 17.8. The fraction of sp³-hybridized carbons (Fsp3) is 0.455. The third-order valence-corrected chi connectivity index (χ3v) is 5.85. The second-order valence-electron chi connectivity index (χ2n) is 7.49. The Bertz CT molecular complexity index is 809. The SMILES string of the molecule is CC(=O)NC(CC(=O)NCc1cccc(CN2CCOC(C)C2)c1)c1cccs1. The quantitative estimate of drug-likeness (QED) is 0.696. The van der Waals surface area contributed by atoms with Gasteiger partial charge in [0.25, 0.3) is 0 Å². The van der Waals surface area contributed by atoms with Crippen LogP contribution in [-0.2, 0) is 27.4 Å². The van der Waals surface area contributed by atoms with Crippen LogP contribution in [0.15, 0.2) is 41.8 Å². The number of carbonyl (C=O) groups is 2. The minimum absolute atomic E-state index is 0.0791. The number of hydrogen-bond acceptors (Lipinski definition) is 5. The van der Waals surface area contributed by atoms with Crippen molar-refractivity contribution in [3.63, 3.8) is 0 Å². The topological polar surface area (TPSA) is 70.7 Å². The summed E-state index contributed by atoms with van der Waals surface area (Å²) >= 11 is 1.54. The Balaban J connectivity index is 1.52. The van der Waals surface area contributed by atoms with Gasteiger partial charge in [-0.15, -0.1) is 11.3 Å². The van der Waals surface area contributed by atoms with E-state index < -0.39 is 0 Å². The van der Waals surface area contributed by atoms with Gasteiger partial charge in [-0.2, -0.15) is 0 Å². The van der Waals surface area contributed by atoms with E-state index in [0.29, 0.717) is 6.54 Å². The molecule has 3 rings (SSSR count). The Morgan fingerprint density at radius 2 is 2.10 bits per heavy atom. The standard InChI is InChI=1S/C22H29N3O3S/c1-16-14-25(8-9-28-16)15-19-6-3-5-18(11-19)13-23-22(27)12-20(24-17(2)26)21-7-4-10-29-21/h3-7,10-11,16,20H,8-9,12-15H2,1-2H3,(H,23,27)(H,24,26). The van der Waals surface area contributed by atoms with Gasteiger partial charge in [-0.3, -0.25) is 14.5 Å². The van der Waals surface area contributed by atoms with Crippen LogP contribution >= 0.6 is 11.3 Å². The Hall–Kier alpha value is -2.22. The first-order valence-corrected chi connectivity index (χ1v) is 10.9. The second kappa shape index (κ2) is 10.5. The van der Waals surface area contributed by atoms with Crippen molar-refractivity contribution in [2.45, 2.75) is 45.5 Å². The highest BCUT2D eigenvalue weighted by Crippen LogP contribution is 2.22. The van der Waals surface area contributed by atoms with Crippen LogP contribution in [0.4, 0.5) is 0 Å². The highest BCUT2D eigenvalue weighted by molar-refractivity contribution is 7.10. The number of carbonyl (C=O) groups excluding carboxylic acids is 2. The minimum Gasteiger partial charge on any atom is -0.376 e. The maximum atomic E-state index is 12.5. The highest BCUT2D eigenvalue weighted by atomic mass is 32.1. The fourth-order valence-electron chi connectivity index (χ4n) is 3.55. The molecule has 2 amide bonds. The third-order valence-electron chi connectivity index (χ3n) is 4.87. The van der Waals surface area contributed by atoms with Gasteiger partial charge in [0.1, 0.15) is 0 Å². The van der Waals surface area contributed by atoms with Gasteiger partial charge < -0.3 is 15.4 Å². The molecule has 0 aliphatic carbocycles. The first-order valence-electron chi connectivity index (χ1n) is 9.98. The van der Waals surface area contributed by atoms with E-state index in [1.54, 1.807) is 0 Å². The summed E-state index contributed by atoms with van der Waals surface area (Å²) in [6.07, 6.45) is 0.497. The number of rotatable bonds is 8. The molecule has 2 N–H and O–H groups in total. The number of hydrogen-bond donors (Lipinski definition) is 2. The van der Waals surface area contributed by atoms with E-state index in [1.807, 2.05) is 29.6 Å². The molecule has 0 bridgehead atoms. The molecule has 0 radical (unpaired) electrons.